The SMILES string of the molecule is O=C(CSc1nnc(-c2c[nH]c3ccccc23)n1-c1ccc(F)cc1)NO. The summed E-state index contributed by atoms with van der Waals surface area (Å²) in [5, 5.41) is 18.6. The van der Waals surface area contributed by atoms with Crippen LogP contribution in [-0.2, 0) is 4.79 Å². The van der Waals surface area contributed by atoms with Gasteiger partial charge >= 0.3 is 0 Å². The number of halogens is 1. The van der Waals surface area contributed by atoms with E-state index in [-0.39, 0.29) is 11.6 Å². The number of hydroxylamine groups is 1. The van der Waals surface area contributed by atoms with Gasteiger partial charge < -0.3 is 4.98 Å². The molecule has 0 aliphatic carbocycles. The molecule has 0 spiro atoms. The molecule has 3 N–H and O–H groups in total. The Morgan fingerprint density at radius 2 is 1.96 bits per heavy atom. The van der Waals surface area contributed by atoms with E-state index in [4.69, 9.17) is 5.21 Å². The van der Waals surface area contributed by atoms with Gasteiger partial charge in [-0.1, -0.05) is 30.0 Å². The van der Waals surface area contributed by atoms with Crippen molar-refractivity contribution in [3.63, 3.8) is 0 Å². The van der Waals surface area contributed by atoms with Crippen molar-refractivity contribution in [1.82, 2.24) is 25.2 Å². The van der Waals surface area contributed by atoms with Gasteiger partial charge in [-0.3, -0.25) is 14.6 Å². The zero-order valence-electron chi connectivity index (χ0n) is 13.9. The predicted octanol–water partition coefficient (Wildman–Crippen LogP) is 3.15. The summed E-state index contributed by atoms with van der Waals surface area (Å²) in [6.45, 7) is 0. The topological polar surface area (TPSA) is 95.8 Å². The first-order valence-corrected chi connectivity index (χ1v) is 8.99. The lowest BCUT2D eigenvalue weighted by atomic mass is 10.1. The molecule has 0 atom stereocenters. The van der Waals surface area contributed by atoms with Crippen molar-refractivity contribution in [2.45, 2.75) is 5.16 Å². The number of H-pyrrole nitrogens is 1. The van der Waals surface area contributed by atoms with Gasteiger partial charge in [0, 0.05) is 28.4 Å². The van der Waals surface area contributed by atoms with Crippen LogP contribution in [0.1, 0.15) is 0 Å². The van der Waals surface area contributed by atoms with Gasteiger partial charge in [0.15, 0.2) is 11.0 Å². The molecule has 27 heavy (non-hydrogen) atoms. The number of hydrogen-bond acceptors (Lipinski definition) is 5. The van der Waals surface area contributed by atoms with Crippen LogP contribution in [0.4, 0.5) is 4.39 Å². The van der Waals surface area contributed by atoms with E-state index in [0.717, 1.165) is 28.2 Å². The van der Waals surface area contributed by atoms with Gasteiger partial charge in [0.1, 0.15) is 5.82 Å². The average Bonchev–Trinajstić information content (AvgIpc) is 3.30. The molecule has 1 amide bonds. The second kappa shape index (κ2) is 7.22. The first-order chi connectivity index (χ1) is 13.2. The molecule has 4 rings (SSSR count). The number of benzene rings is 2. The van der Waals surface area contributed by atoms with Crippen LogP contribution in [0, 0.1) is 5.82 Å². The molecule has 2 heterocycles. The van der Waals surface area contributed by atoms with Gasteiger partial charge in [-0.15, -0.1) is 10.2 Å². The maximum absolute atomic E-state index is 13.4. The fraction of sp³-hybridized carbons (Fsp3) is 0.0556. The largest absolute Gasteiger partial charge is 0.360 e. The van der Waals surface area contributed by atoms with Crippen molar-refractivity contribution in [3.05, 3.63) is 60.5 Å². The number of fused-ring (bicyclic) bond motifs is 1. The van der Waals surface area contributed by atoms with Crippen LogP contribution < -0.4 is 5.48 Å². The van der Waals surface area contributed by atoms with Crippen LogP contribution in [-0.4, -0.2) is 36.6 Å². The summed E-state index contributed by atoms with van der Waals surface area (Å²) in [6.07, 6.45) is 1.84. The van der Waals surface area contributed by atoms with Gasteiger partial charge in [0.05, 0.1) is 5.75 Å². The zero-order chi connectivity index (χ0) is 18.8. The fourth-order valence-electron chi connectivity index (χ4n) is 2.78. The lowest BCUT2D eigenvalue weighted by molar-refractivity contribution is -0.126. The molecule has 0 saturated carbocycles. The highest BCUT2D eigenvalue weighted by molar-refractivity contribution is 7.99. The van der Waals surface area contributed by atoms with Crippen LogP contribution in [0.5, 0.6) is 0 Å². The van der Waals surface area contributed by atoms with Crippen LogP contribution >= 0.6 is 11.8 Å². The Labute approximate surface area is 157 Å². The van der Waals surface area contributed by atoms with Crippen LogP contribution in [0.3, 0.4) is 0 Å². The molecule has 4 aromatic rings. The lowest BCUT2D eigenvalue weighted by Gasteiger charge is -2.09. The molecule has 2 aromatic carbocycles. The molecule has 9 heteroatoms. The fourth-order valence-corrected chi connectivity index (χ4v) is 3.52. The van der Waals surface area contributed by atoms with Crippen LogP contribution in [0.15, 0.2) is 59.9 Å². The van der Waals surface area contributed by atoms with E-state index in [1.54, 1.807) is 22.2 Å². The van der Waals surface area contributed by atoms with Gasteiger partial charge in [-0.25, -0.2) is 9.87 Å². The Hall–Kier alpha value is -3.17. The Kier molecular flexibility index (Phi) is 4.61. The van der Waals surface area contributed by atoms with Crippen molar-refractivity contribution in [2.24, 2.45) is 0 Å². The first kappa shape index (κ1) is 17.3. The van der Waals surface area contributed by atoms with Crippen LogP contribution in [0.2, 0.25) is 0 Å². The van der Waals surface area contributed by atoms with Crippen LogP contribution in [0.25, 0.3) is 28.0 Å². The molecule has 2 aromatic heterocycles. The molecule has 0 saturated heterocycles. The summed E-state index contributed by atoms with van der Waals surface area (Å²) in [6, 6.07) is 13.7. The van der Waals surface area contributed by atoms with Gasteiger partial charge in [0.2, 0.25) is 0 Å². The molecule has 0 fully saturated rings. The Morgan fingerprint density at radius 3 is 2.74 bits per heavy atom. The number of nitrogens with zero attached hydrogens (tertiary/aromatic N) is 3. The Balaban J connectivity index is 1.85. The maximum atomic E-state index is 13.4. The molecule has 0 aliphatic heterocycles. The molecule has 0 aliphatic rings. The smallest absolute Gasteiger partial charge is 0.253 e. The number of aromatic amines is 1. The zero-order valence-corrected chi connectivity index (χ0v) is 14.7. The third kappa shape index (κ3) is 3.29. The summed E-state index contributed by atoms with van der Waals surface area (Å²) in [4.78, 5) is 14.6. The van der Waals surface area contributed by atoms with Crippen molar-refractivity contribution in [1.29, 1.82) is 0 Å². The third-order valence-corrected chi connectivity index (χ3v) is 4.93. The van der Waals surface area contributed by atoms with E-state index >= 15 is 0 Å². The van der Waals surface area contributed by atoms with E-state index in [9.17, 15) is 9.18 Å². The molecule has 136 valence electrons. The maximum Gasteiger partial charge on any atom is 0.253 e. The summed E-state index contributed by atoms with van der Waals surface area (Å²) in [5.74, 6) is -0.383. The highest BCUT2D eigenvalue weighted by Crippen LogP contribution is 2.32. The summed E-state index contributed by atoms with van der Waals surface area (Å²) < 4.78 is 15.1. The minimum Gasteiger partial charge on any atom is -0.360 e. The van der Waals surface area contributed by atoms with E-state index in [1.165, 1.54) is 12.1 Å². The minimum absolute atomic E-state index is 0.0380. The number of rotatable bonds is 5. The highest BCUT2D eigenvalue weighted by Gasteiger charge is 2.19. The van der Waals surface area contributed by atoms with Crippen molar-refractivity contribution in [2.75, 3.05) is 5.75 Å². The summed E-state index contributed by atoms with van der Waals surface area (Å²) in [5.41, 5.74) is 4.04. The van der Waals surface area contributed by atoms with Crippen molar-refractivity contribution >= 4 is 28.6 Å². The number of aromatic nitrogens is 4. The molecule has 7 nitrogen and oxygen atoms in total. The normalized spacial score (nSPS) is 11.0. The van der Waals surface area contributed by atoms with E-state index in [2.05, 4.69) is 15.2 Å². The number of thioether (sulfide) groups is 1. The average molecular weight is 383 g/mol. The number of carbonyl (C=O) groups excluding carboxylic acids is 1. The Bertz CT molecular complexity index is 1110. The lowest BCUT2D eigenvalue weighted by Crippen LogP contribution is -2.20. The minimum atomic E-state index is -0.553. The number of carbonyl (C=O) groups is 1. The summed E-state index contributed by atoms with van der Waals surface area (Å²) >= 11 is 1.12. The first-order valence-electron chi connectivity index (χ1n) is 8.01. The quantitative estimate of drug-likeness (QED) is 0.280. The van der Waals surface area contributed by atoms with Gasteiger partial charge in [0.25, 0.3) is 5.91 Å². The molecule has 0 bridgehead atoms. The van der Waals surface area contributed by atoms with E-state index in [1.807, 2.05) is 30.5 Å². The molecule has 0 unspecified atom stereocenters. The van der Waals surface area contributed by atoms with E-state index in [0.29, 0.717) is 16.7 Å². The molecule has 0 radical (unpaired) electrons. The standard InChI is InChI=1S/C18H14FN5O2S/c19-11-5-7-12(8-6-11)24-17(21-22-18(24)27-10-16(25)23-26)14-9-20-15-4-2-1-3-13(14)15/h1-9,20,26H,10H2,(H,23,25). The van der Waals surface area contributed by atoms with E-state index < -0.39 is 5.91 Å². The summed E-state index contributed by atoms with van der Waals surface area (Å²) in [7, 11) is 0. The predicted molar refractivity (Wildman–Crippen MR) is 99.3 cm³/mol. The highest BCUT2D eigenvalue weighted by atomic mass is 32.2. The number of amides is 1. The van der Waals surface area contributed by atoms with Gasteiger partial charge in [-0.2, -0.15) is 0 Å². The third-order valence-electron chi connectivity index (χ3n) is 4.01. The second-order valence-corrected chi connectivity index (χ2v) is 6.63. The monoisotopic (exact) mass is 383 g/mol. The number of para-hydroxylation sites is 1. The van der Waals surface area contributed by atoms with Gasteiger partial charge in [-0.05, 0) is 30.3 Å². The number of nitrogens with one attached hydrogen (secondary N) is 2. The van der Waals surface area contributed by atoms with Crippen molar-refractivity contribution in [3.8, 4) is 17.1 Å². The molecular weight excluding hydrogens is 369 g/mol. The number of hydrogen-bond donors (Lipinski definition) is 3. The van der Waals surface area contributed by atoms with Crippen molar-refractivity contribution < 1.29 is 14.4 Å². The Morgan fingerprint density at radius 1 is 1.19 bits per heavy atom. The molecular formula is C18H14FN5O2S. The second-order valence-electron chi connectivity index (χ2n) is 5.69.